The van der Waals surface area contributed by atoms with E-state index in [0.29, 0.717) is 5.69 Å². The third-order valence-corrected chi connectivity index (χ3v) is 4.04. The van der Waals surface area contributed by atoms with Crippen LogP contribution in [0.15, 0.2) is 48.5 Å². The summed E-state index contributed by atoms with van der Waals surface area (Å²) in [6.45, 7) is 0.00357. The first-order valence-corrected chi connectivity index (χ1v) is 7.01. The van der Waals surface area contributed by atoms with Crippen LogP contribution >= 0.6 is 0 Å². The van der Waals surface area contributed by atoms with E-state index >= 15 is 0 Å². The van der Waals surface area contributed by atoms with Crippen LogP contribution in [0.1, 0.15) is 24.0 Å². The van der Waals surface area contributed by atoms with Crippen LogP contribution in [-0.4, -0.2) is 11.0 Å². The van der Waals surface area contributed by atoms with Crippen LogP contribution in [0.3, 0.4) is 0 Å². The fourth-order valence-corrected chi connectivity index (χ4v) is 2.52. The first-order valence-electron chi connectivity index (χ1n) is 7.01. The summed E-state index contributed by atoms with van der Waals surface area (Å²) in [6.07, 6.45) is 1.72. The van der Waals surface area contributed by atoms with Gasteiger partial charge in [0.05, 0.1) is 12.0 Å². The molecule has 0 heterocycles. The molecule has 1 saturated carbocycles. The third-order valence-electron chi connectivity index (χ3n) is 4.04. The van der Waals surface area contributed by atoms with Gasteiger partial charge in [0.1, 0.15) is 0 Å². The Hall–Kier alpha value is -2.33. The Morgan fingerprint density at radius 3 is 2.24 bits per heavy atom. The Kier molecular flexibility index (Phi) is 3.39. The zero-order valence-electron chi connectivity index (χ0n) is 11.7. The van der Waals surface area contributed by atoms with Gasteiger partial charge in [-0.1, -0.05) is 24.3 Å². The number of nitrogen functional groups attached to an aromatic ring is 1. The van der Waals surface area contributed by atoms with Crippen LogP contribution in [0.4, 0.5) is 11.4 Å². The molecule has 108 valence electrons. The van der Waals surface area contributed by atoms with Crippen molar-refractivity contribution < 1.29 is 9.90 Å². The van der Waals surface area contributed by atoms with Crippen molar-refractivity contribution in [1.82, 2.24) is 0 Å². The number of nitrogens with two attached hydrogens (primary N) is 1. The second-order valence-corrected chi connectivity index (χ2v) is 5.51. The van der Waals surface area contributed by atoms with Crippen molar-refractivity contribution in [3.05, 3.63) is 59.7 Å². The van der Waals surface area contributed by atoms with Crippen molar-refractivity contribution in [2.24, 2.45) is 0 Å². The number of rotatable bonds is 4. The van der Waals surface area contributed by atoms with E-state index in [4.69, 9.17) is 10.8 Å². The molecule has 1 aliphatic carbocycles. The first kappa shape index (κ1) is 13.6. The van der Waals surface area contributed by atoms with Crippen molar-refractivity contribution in [2.75, 3.05) is 11.1 Å². The number of hydrogen-bond donors (Lipinski definition) is 3. The summed E-state index contributed by atoms with van der Waals surface area (Å²) in [7, 11) is 0. The lowest BCUT2D eigenvalue weighted by Gasteiger charge is -2.16. The van der Waals surface area contributed by atoms with Crippen LogP contribution in [-0.2, 0) is 16.8 Å². The number of amides is 1. The average Bonchev–Trinajstić information content (AvgIpc) is 3.30. The van der Waals surface area contributed by atoms with Crippen molar-refractivity contribution in [3.63, 3.8) is 0 Å². The molecule has 0 aliphatic heterocycles. The predicted molar refractivity (Wildman–Crippen MR) is 82.8 cm³/mol. The number of anilines is 2. The molecule has 0 bridgehead atoms. The molecule has 0 radical (unpaired) electrons. The van der Waals surface area contributed by atoms with Gasteiger partial charge in [0, 0.05) is 11.4 Å². The minimum Gasteiger partial charge on any atom is -0.399 e. The van der Waals surface area contributed by atoms with E-state index in [1.165, 1.54) is 0 Å². The Morgan fingerprint density at radius 2 is 1.71 bits per heavy atom. The monoisotopic (exact) mass is 282 g/mol. The highest BCUT2D eigenvalue weighted by molar-refractivity contribution is 6.01. The van der Waals surface area contributed by atoms with Gasteiger partial charge in [0.25, 0.3) is 0 Å². The number of hydrogen-bond acceptors (Lipinski definition) is 3. The molecule has 0 unspecified atom stereocenters. The van der Waals surface area contributed by atoms with E-state index in [9.17, 15) is 4.79 Å². The Bertz CT molecular complexity index is 643. The Morgan fingerprint density at radius 1 is 1.10 bits per heavy atom. The molecule has 4 N–H and O–H groups in total. The SMILES string of the molecule is Nc1ccc(C2(C(=O)Nc3ccc(CO)cc3)CC2)cc1. The molecular formula is C17H18N2O2. The zero-order valence-corrected chi connectivity index (χ0v) is 11.7. The van der Waals surface area contributed by atoms with Gasteiger partial charge in [-0.15, -0.1) is 0 Å². The molecule has 2 aromatic rings. The topological polar surface area (TPSA) is 75.4 Å². The summed E-state index contributed by atoms with van der Waals surface area (Å²) in [5, 5.41) is 12.0. The quantitative estimate of drug-likeness (QED) is 0.754. The molecular weight excluding hydrogens is 264 g/mol. The lowest BCUT2D eigenvalue weighted by Crippen LogP contribution is -2.27. The van der Waals surface area contributed by atoms with E-state index in [1.54, 1.807) is 12.1 Å². The summed E-state index contributed by atoms with van der Waals surface area (Å²) in [5.41, 5.74) is 8.58. The van der Waals surface area contributed by atoms with Gasteiger partial charge in [-0.05, 0) is 48.2 Å². The molecule has 0 saturated heterocycles. The van der Waals surface area contributed by atoms with Crippen LogP contribution in [0, 0.1) is 0 Å². The van der Waals surface area contributed by atoms with Gasteiger partial charge in [-0.2, -0.15) is 0 Å². The third kappa shape index (κ3) is 2.62. The van der Waals surface area contributed by atoms with E-state index in [1.807, 2.05) is 36.4 Å². The van der Waals surface area contributed by atoms with E-state index in [2.05, 4.69) is 5.32 Å². The number of nitrogens with one attached hydrogen (secondary N) is 1. The van der Waals surface area contributed by atoms with Crippen molar-refractivity contribution in [3.8, 4) is 0 Å². The van der Waals surface area contributed by atoms with E-state index in [-0.39, 0.29) is 12.5 Å². The highest BCUT2D eigenvalue weighted by atomic mass is 16.3. The summed E-state index contributed by atoms with van der Waals surface area (Å²) < 4.78 is 0. The van der Waals surface area contributed by atoms with Crippen LogP contribution in [0.25, 0.3) is 0 Å². The molecule has 3 rings (SSSR count). The lowest BCUT2D eigenvalue weighted by atomic mass is 9.94. The summed E-state index contributed by atoms with van der Waals surface area (Å²) in [5.74, 6) is 0.0176. The standard InChI is InChI=1S/C17H18N2O2/c18-14-5-3-13(4-6-14)17(9-10-17)16(21)19-15-7-1-12(11-20)2-8-15/h1-8,20H,9-11,18H2,(H,19,21). The van der Waals surface area contributed by atoms with Gasteiger partial charge in [0.15, 0.2) is 0 Å². The predicted octanol–water partition coefficient (Wildman–Crippen LogP) is 2.43. The highest BCUT2D eigenvalue weighted by Gasteiger charge is 2.51. The maximum absolute atomic E-state index is 12.5. The molecule has 1 aliphatic rings. The smallest absolute Gasteiger partial charge is 0.235 e. The molecule has 4 nitrogen and oxygen atoms in total. The molecule has 21 heavy (non-hydrogen) atoms. The number of benzene rings is 2. The average molecular weight is 282 g/mol. The van der Waals surface area contributed by atoms with Gasteiger partial charge < -0.3 is 16.2 Å². The molecule has 2 aromatic carbocycles. The number of carbonyl (C=O) groups is 1. The maximum atomic E-state index is 12.5. The highest BCUT2D eigenvalue weighted by Crippen LogP contribution is 2.49. The Balaban J connectivity index is 1.76. The molecule has 1 amide bonds. The normalized spacial score (nSPS) is 15.5. The van der Waals surface area contributed by atoms with Crippen molar-refractivity contribution in [2.45, 2.75) is 24.9 Å². The number of aliphatic hydroxyl groups is 1. The molecule has 0 spiro atoms. The van der Waals surface area contributed by atoms with E-state index < -0.39 is 5.41 Å². The number of carbonyl (C=O) groups excluding carboxylic acids is 1. The minimum absolute atomic E-state index is 0.00357. The van der Waals surface area contributed by atoms with Gasteiger partial charge in [-0.25, -0.2) is 0 Å². The Labute approximate surface area is 123 Å². The van der Waals surface area contributed by atoms with E-state index in [0.717, 1.165) is 29.7 Å². The molecule has 1 fully saturated rings. The van der Waals surface area contributed by atoms with Gasteiger partial charge in [-0.3, -0.25) is 4.79 Å². The largest absolute Gasteiger partial charge is 0.399 e. The van der Waals surface area contributed by atoms with Crippen LogP contribution in [0.5, 0.6) is 0 Å². The fourth-order valence-electron chi connectivity index (χ4n) is 2.52. The number of aliphatic hydroxyl groups excluding tert-OH is 1. The summed E-state index contributed by atoms with van der Waals surface area (Å²) in [4.78, 5) is 12.5. The van der Waals surface area contributed by atoms with Gasteiger partial charge in [0.2, 0.25) is 5.91 Å². The second-order valence-electron chi connectivity index (χ2n) is 5.51. The zero-order chi connectivity index (χ0) is 14.9. The van der Waals surface area contributed by atoms with Crippen molar-refractivity contribution in [1.29, 1.82) is 0 Å². The first-order chi connectivity index (χ1) is 10.1. The molecule has 0 aromatic heterocycles. The lowest BCUT2D eigenvalue weighted by molar-refractivity contribution is -0.118. The van der Waals surface area contributed by atoms with Crippen LogP contribution in [0.2, 0.25) is 0 Å². The summed E-state index contributed by atoms with van der Waals surface area (Å²) >= 11 is 0. The molecule has 0 atom stereocenters. The molecule has 4 heteroatoms. The summed E-state index contributed by atoms with van der Waals surface area (Å²) in [6, 6.07) is 14.7. The van der Waals surface area contributed by atoms with Crippen LogP contribution < -0.4 is 11.1 Å². The van der Waals surface area contributed by atoms with Gasteiger partial charge >= 0.3 is 0 Å². The second kappa shape index (κ2) is 5.22. The fraction of sp³-hybridized carbons (Fsp3) is 0.235. The maximum Gasteiger partial charge on any atom is 0.235 e. The van der Waals surface area contributed by atoms with Crippen molar-refractivity contribution >= 4 is 17.3 Å². The minimum atomic E-state index is -0.413.